The summed E-state index contributed by atoms with van der Waals surface area (Å²) in [7, 11) is 0. The van der Waals surface area contributed by atoms with E-state index in [1.807, 2.05) is 4.90 Å². The lowest BCUT2D eigenvalue weighted by molar-refractivity contribution is 0.0972. The third kappa shape index (κ3) is 2.43. The normalized spacial score (nSPS) is 29.7. The highest BCUT2D eigenvalue weighted by molar-refractivity contribution is 5.68. The molecular weight excluding hydrogens is 192 g/mol. The lowest BCUT2D eigenvalue weighted by Crippen LogP contribution is -2.33. The van der Waals surface area contributed by atoms with Crippen LogP contribution in [0.1, 0.15) is 13.8 Å². The van der Waals surface area contributed by atoms with Gasteiger partial charge >= 0.3 is 6.09 Å². The zero-order chi connectivity index (χ0) is 10.8. The van der Waals surface area contributed by atoms with Crippen molar-refractivity contribution in [2.24, 2.45) is 17.8 Å². The predicted octanol–water partition coefficient (Wildman–Crippen LogP) is 0.930. The van der Waals surface area contributed by atoms with Gasteiger partial charge in [0, 0.05) is 26.2 Å². The molecule has 0 radical (unpaired) electrons. The number of ether oxygens (including phenoxy) is 1. The highest BCUT2D eigenvalue weighted by Crippen LogP contribution is 2.26. The molecule has 0 aliphatic carbocycles. The number of nitrogens with one attached hydrogen (secondary N) is 1. The summed E-state index contributed by atoms with van der Waals surface area (Å²) in [6.45, 7) is 8.48. The molecule has 0 aromatic heterocycles. The lowest BCUT2D eigenvalue weighted by atomic mass is 10.0. The number of likely N-dealkylation sites (tertiary alicyclic amines) is 1. The van der Waals surface area contributed by atoms with E-state index in [1.54, 1.807) is 0 Å². The van der Waals surface area contributed by atoms with E-state index in [0.29, 0.717) is 24.4 Å². The van der Waals surface area contributed by atoms with Crippen LogP contribution >= 0.6 is 0 Å². The lowest BCUT2D eigenvalue weighted by Gasteiger charge is -2.17. The van der Waals surface area contributed by atoms with Crippen LogP contribution in [0.5, 0.6) is 0 Å². The third-order valence-corrected chi connectivity index (χ3v) is 3.19. The maximum Gasteiger partial charge on any atom is 0.409 e. The van der Waals surface area contributed by atoms with Gasteiger partial charge in [0.05, 0.1) is 6.61 Å². The van der Waals surface area contributed by atoms with Crippen LogP contribution < -0.4 is 5.32 Å². The molecule has 0 saturated carbocycles. The van der Waals surface area contributed by atoms with Gasteiger partial charge in [0.2, 0.25) is 0 Å². The molecule has 1 N–H and O–H groups in total. The molecule has 2 rings (SSSR count). The average Bonchev–Trinajstić information content (AvgIpc) is 2.72. The second-order valence-electron chi connectivity index (χ2n) is 5.05. The van der Waals surface area contributed by atoms with Gasteiger partial charge in [-0.05, 0) is 17.8 Å². The molecule has 4 nitrogen and oxygen atoms in total. The van der Waals surface area contributed by atoms with Gasteiger partial charge in [-0.1, -0.05) is 13.8 Å². The maximum atomic E-state index is 11.7. The largest absolute Gasteiger partial charge is 0.449 e. The number of amides is 1. The molecule has 0 unspecified atom stereocenters. The van der Waals surface area contributed by atoms with Crippen molar-refractivity contribution in [3.8, 4) is 0 Å². The van der Waals surface area contributed by atoms with Crippen molar-refractivity contribution in [1.82, 2.24) is 10.2 Å². The van der Waals surface area contributed by atoms with E-state index < -0.39 is 0 Å². The topological polar surface area (TPSA) is 41.6 Å². The minimum Gasteiger partial charge on any atom is -0.449 e. The smallest absolute Gasteiger partial charge is 0.409 e. The molecule has 4 heteroatoms. The van der Waals surface area contributed by atoms with Gasteiger partial charge in [-0.2, -0.15) is 0 Å². The summed E-state index contributed by atoms with van der Waals surface area (Å²) in [5.74, 6) is 1.71. The van der Waals surface area contributed by atoms with Crippen LogP contribution in [-0.4, -0.2) is 43.8 Å². The molecule has 0 aromatic carbocycles. The molecule has 2 saturated heterocycles. The van der Waals surface area contributed by atoms with E-state index in [9.17, 15) is 4.79 Å². The molecule has 1 amide bonds. The molecule has 0 spiro atoms. The molecule has 2 fully saturated rings. The summed E-state index contributed by atoms with van der Waals surface area (Å²) in [5.41, 5.74) is 0. The van der Waals surface area contributed by atoms with E-state index in [2.05, 4.69) is 19.2 Å². The number of carbonyl (C=O) groups is 1. The molecule has 0 bridgehead atoms. The zero-order valence-electron chi connectivity index (χ0n) is 9.53. The van der Waals surface area contributed by atoms with Gasteiger partial charge in [-0.3, -0.25) is 0 Å². The number of hydrogen-bond acceptors (Lipinski definition) is 3. The predicted molar refractivity (Wildman–Crippen MR) is 57.6 cm³/mol. The molecule has 2 heterocycles. The first-order chi connectivity index (χ1) is 7.16. The Hall–Kier alpha value is -0.770. The molecule has 2 atom stereocenters. The maximum absolute atomic E-state index is 11.7. The molecule has 15 heavy (non-hydrogen) atoms. The SMILES string of the molecule is CC(C)COC(=O)N1C[C@H]2CNC[C@@H]2C1. The Morgan fingerprint density at radius 2 is 2.00 bits per heavy atom. The quantitative estimate of drug-likeness (QED) is 0.740. The highest BCUT2D eigenvalue weighted by atomic mass is 16.6. The van der Waals surface area contributed by atoms with Crippen molar-refractivity contribution >= 4 is 6.09 Å². The summed E-state index contributed by atoms with van der Waals surface area (Å²) in [4.78, 5) is 13.5. The highest BCUT2D eigenvalue weighted by Gasteiger charge is 2.38. The van der Waals surface area contributed by atoms with Crippen molar-refractivity contribution in [2.75, 3.05) is 32.8 Å². The summed E-state index contributed by atoms with van der Waals surface area (Å²) < 4.78 is 5.22. The molecular formula is C11H20N2O2. The minimum atomic E-state index is -0.127. The van der Waals surface area contributed by atoms with E-state index in [0.717, 1.165) is 26.2 Å². The van der Waals surface area contributed by atoms with Crippen LogP contribution in [-0.2, 0) is 4.74 Å². The van der Waals surface area contributed by atoms with Crippen LogP contribution in [0.4, 0.5) is 4.79 Å². The van der Waals surface area contributed by atoms with E-state index in [1.165, 1.54) is 0 Å². The standard InChI is InChI=1S/C11H20N2O2/c1-8(2)7-15-11(14)13-5-9-3-12-4-10(9)6-13/h8-10,12H,3-7H2,1-2H3/t9-,10-/m1/s1. The van der Waals surface area contributed by atoms with Crippen LogP contribution in [0.15, 0.2) is 0 Å². The van der Waals surface area contributed by atoms with Crippen molar-refractivity contribution in [3.63, 3.8) is 0 Å². The Morgan fingerprint density at radius 3 is 2.53 bits per heavy atom. The van der Waals surface area contributed by atoms with Gasteiger partial charge in [-0.25, -0.2) is 4.79 Å². The van der Waals surface area contributed by atoms with E-state index in [-0.39, 0.29) is 6.09 Å². The summed E-state index contributed by atoms with van der Waals surface area (Å²) in [5, 5.41) is 3.36. The Labute approximate surface area is 91.0 Å². The van der Waals surface area contributed by atoms with Crippen LogP contribution in [0.25, 0.3) is 0 Å². The first kappa shape index (κ1) is 10.7. The summed E-state index contributed by atoms with van der Waals surface area (Å²) >= 11 is 0. The second kappa shape index (κ2) is 4.39. The second-order valence-corrected chi connectivity index (χ2v) is 5.05. The summed E-state index contributed by atoms with van der Waals surface area (Å²) in [6.07, 6.45) is -0.127. The van der Waals surface area contributed by atoms with Crippen molar-refractivity contribution < 1.29 is 9.53 Å². The van der Waals surface area contributed by atoms with Crippen molar-refractivity contribution in [3.05, 3.63) is 0 Å². The molecule has 86 valence electrons. The van der Waals surface area contributed by atoms with Crippen molar-refractivity contribution in [2.45, 2.75) is 13.8 Å². The number of carbonyl (C=O) groups excluding carboxylic acids is 1. The van der Waals surface area contributed by atoms with Gasteiger partial charge < -0.3 is 15.0 Å². The summed E-state index contributed by atoms with van der Waals surface area (Å²) in [6, 6.07) is 0. The van der Waals surface area contributed by atoms with E-state index >= 15 is 0 Å². The number of nitrogens with zero attached hydrogens (tertiary/aromatic N) is 1. The average molecular weight is 212 g/mol. The number of fused-ring (bicyclic) bond motifs is 1. The fourth-order valence-electron chi connectivity index (χ4n) is 2.33. The number of hydrogen-bond donors (Lipinski definition) is 1. The first-order valence-corrected chi connectivity index (χ1v) is 5.79. The molecule has 2 aliphatic heterocycles. The Bertz CT molecular complexity index is 231. The zero-order valence-corrected chi connectivity index (χ0v) is 9.53. The van der Waals surface area contributed by atoms with Crippen LogP contribution in [0, 0.1) is 17.8 Å². The molecule has 0 aromatic rings. The first-order valence-electron chi connectivity index (χ1n) is 5.79. The Balaban J connectivity index is 1.78. The fraction of sp³-hybridized carbons (Fsp3) is 0.909. The number of rotatable bonds is 2. The third-order valence-electron chi connectivity index (χ3n) is 3.19. The van der Waals surface area contributed by atoms with Gasteiger partial charge in [-0.15, -0.1) is 0 Å². The van der Waals surface area contributed by atoms with Gasteiger partial charge in [0.25, 0.3) is 0 Å². The van der Waals surface area contributed by atoms with Crippen LogP contribution in [0.3, 0.4) is 0 Å². The van der Waals surface area contributed by atoms with Crippen LogP contribution in [0.2, 0.25) is 0 Å². The monoisotopic (exact) mass is 212 g/mol. The fourth-order valence-corrected chi connectivity index (χ4v) is 2.33. The van der Waals surface area contributed by atoms with Gasteiger partial charge in [0.1, 0.15) is 0 Å². The van der Waals surface area contributed by atoms with E-state index in [4.69, 9.17) is 4.74 Å². The van der Waals surface area contributed by atoms with Crippen molar-refractivity contribution in [1.29, 1.82) is 0 Å². The molecule has 2 aliphatic rings. The Morgan fingerprint density at radius 1 is 1.40 bits per heavy atom. The van der Waals surface area contributed by atoms with Gasteiger partial charge in [0.15, 0.2) is 0 Å². The Kier molecular flexibility index (Phi) is 3.14. The minimum absolute atomic E-state index is 0.127.